The molecule has 0 aliphatic carbocycles. The van der Waals surface area contributed by atoms with E-state index in [9.17, 15) is 9.59 Å². The van der Waals surface area contributed by atoms with Crippen LogP contribution in [0.15, 0.2) is 71.3 Å². The predicted molar refractivity (Wildman–Crippen MR) is 105 cm³/mol. The smallest absolute Gasteiger partial charge is 0.302 e. The first-order chi connectivity index (χ1) is 13.7. The highest BCUT2D eigenvalue weighted by Gasteiger charge is 2.25. The molecule has 0 bridgehead atoms. The summed E-state index contributed by atoms with van der Waals surface area (Å²) in [4.78, 5) is 33.0. The molecular weight excluding hydrogens is 356 g/mol. The van der Waals surface area contributed by atoms with E-state index in [1.54, 1.807) is 29.2 Å². The van der Waals surface area contributed by atoms with Gasteiger partial charge in [-0.05, 0) is 24.3 Å². The van der Waals surface area contributed by atoms with Crippen LogP contribution in [-0.2, 0) is 0 Å². The Balaban J connectivity index is 1.35. The van der Waals surface area contributed by atoms with Crippen molar-refractivity contribution in [2.75, 3.05) is 36.4 Å². The van der Waals surface area contributed by atoms with Gasteiger partial charge in [0, 0.05) is 37.4 Å². The Morgan fingerprint density at radius 2 is 1.54 bits per heavy atom. The van der Waals surface area contributed by atoms with E-state index in [1.807, 2.05) is 24.3 Å². The van der Waals surface area contributed by atoms with Crippen molar-refractivity contribution in [3.63, 3.8) is 0 Å². The van der Waals surface area contributed by atoms with Crippen molar-refractivity contribution >= 4 is 23.5 Å². The Bertz CT molecular complexity index is 948. The van der Waals surface area contributed by atoms with Crippen LogP contribution in [0.2, 0.25) is 0 Å². The third-order valence-electron chi connectivity index (χ3n) is 4.67. The molecule has 4 rings (SSSR count). The normalized spacial score (nSPS) is 14.0. The van der Waals surface area contributed by atoms with Crippen molar-refractivity contribution in [2.45, 2.75) is 0 Å². The SMILES string of the molecule is O=C(Nc1nc(C(=O)N2CCN(c3ccccc3)CC2)co1)c1ccccc1. The summed E-state index contributed by atoms with van der Waals surface area (Å²) < 4.78 is 5.26. The van der Waals surface area contributed by atoms with Crippen LogP contribution in [0.4, 0.5) is 11.7 Å². The highest BCUT2D eigenvalue weighted by atomic mass is 16.4. The van der Waals surface area contributed by atoms with E-state index in [0.29, 0.717) is 18.7 Å². The third kappa shape index (κ3) is 3.88. The van der Waals surface area contributed by atoms with Gasteiger partial charge in [0.15, 0.2) is 5.69 Å². The number of carbonyl (C=O) groups excluding carboxylic acids is 2. The van der Waals surface area contributed by atoms with E-state index in [-0.39, 0.29) is 23.5 Å². The lowest BCUT2D eigenvalue weighted by atomic mass is 10.2. The Morgan fingerprint density at radius 3 is 2.21 bits per heavy atom. The van der Waals surface area contributed by atoms with Crippen LogP contribution in [0, 0.1) is 0 Å². The molecule has 1 fully saturated rings. The van der Waals surface area contributed by atoms with Crippen LogP contribution >= 0.6 is 0 Å². The minimum atomic E-state index is -0.335. The Kier molecular flexibility index (Phi) is 5.05. The zero-order valence-corrected chi connectivity index (χ0v) is 15.2. The van der Waals surface area contributed by atoms with Crippen molar-refractivity contribution < 1.29 is 14.0 Å². The fourth-order valence-electron chi connectivity index (χ4n) is 3.16. The van der Waals surface area contributed by atoms with Gasteiger partial charge in [0.1, 0.15) is 6.26 Å². The van der Waals surface area contributed by atoms with Gasteiger partial charge in [0.05, 0.1) is 0 Å². The Morgan fingerprint density at radius 1 is 0.893 bits per heavy atom. The van der Waals surface area contributed by atoms with E-state index in [0.717, 1.165) is 18.8 Å². The third-order valence-corrected chi connectivity index (χ3v) is 4.67. The number of para-hydroxylation sites is 1. The molecule has 0 atom stereocenters. The van der Waals surface area contributed by atoms with Crippen LogP contribution in [0.3, 0.4) is 0 Å². The van der Waals surface area contributed by atoms with E-state index in [1.165, 1.54) is 6.26 Å². The predicted octanol–water partition coefficient (Wildman–Crippen LogP) is 2.89. The molecule has 7 heteroatoms. The maximum atomic E-state index is 12.7. The van der Waals surface area contributed by atoms with E-state index >= 15 is 0 Å². The number of benzene rings is 2. The summed E-state index contributed by atoms with van der Waals surface area (Å²) in [6, 6.07) is 18.9. The van der Waals surface area contributed by atoms with Crippen molar-refractivity contribution in [3.05, 3.63) is 78.2 Å². The number of hydrogen-bond donors (Lipinski definition) is 1. The number of rotatable bonds is 4. The molecule has 7 nitrogen and oxygen atoms in total. The molecule has 2 amide bonds. The van der Waals surface area contributed by atoms with Crippen molar-refractivity contribution in [1.82, 2.24) is 9.88 Å². The van der Waals surface area contributed by atoms with Gasteiger partial charge in [-0.15, -0.1) is 0 Å². The molecule has 1 aromatic heterocycles. The lowest BCUT2D eigenvalue weighted by Crippen LogP contribution is -2.48. The summed E-state index contributed by atoms with van der Waals surface area (Å²) in [6.07, 6.45) is 1.28. The average molecular weight is 376 g/mol. The molecule has 2 aromatic carbocycles. The van der Waals surface area contributed by atoms with Gasteiger partial charge in [-0.1, -0.05) is 36.4 Å². The highest BCUT2D eigenvalue weighted by Crippen LogP contribution is 2.17. The molecule has 3 aromatic rings. The second-order valence-corrected chi connectivity index (χ2v) is 6.47. The standard InChI is InChI=1S/C21H20N4O3/c26-19(16-7-3-1-4-8-16)23-21-22-18(15-28-21)20(27)25-13-11-24(12-14-25)17-9-5-2-6-10-17/h1-10,15H,11-14H2,(H,22,23,26). The summed E-state index contributed by atoms with van der Waals surface area (Å²) in [5, 5.41) is 2.57. The van der Waals surface area contributed by atoms with E-state index in [2.05, 4.69) is 27.3 Å². The minimum Gasteiger partial charge on any atom is -0.431 e. The number of nitrogens with one attached hydrogen (secondary N) is 1. The number of carbonyl (C=O) groups is 2. The van der Waals surface area contributed by atoms with Crippen LogP contribution in [0.1, 0.15) is 20.8 Å². The molecular formula is C21H20N4O3. The van der Waals surface area contributed by atoms with Crippen LogP contribution in [0.25, 0.3) is 0 Å². The van der Waals surface area contributed by atoms with Crippen molar-refractivity contribution in [3.8, 4) is 0 Å². The lowest BCUT2D eigenvalue weighted by molar-refractivity contribution is 0.0740. The molecule has 1 aliphatic heterocycles. The van der Waals surface area contributed by atoms with Crippen molar-refractivity contribution in [2.24, 2.45) is 0 Å². The zero-order valence-electron chi connectivity index (χ0n) is 15.2. The maximum absolute atomic E-state index is 12.7. The molecule has 0 radical (unpaired) electrons. The van der Waals surface area contributed by atoms with Gasteiger partial charge < -0.3 is 14.2 Å². The summed E-state index contributed by atoms with van der Waals surface area (Å²) in [6.45, 7) is 2.72. The molecule has 28 heavy (non-hydrogen) atoms. The minimum absolute atomic E-state index is 0.0140. The first-order valence-corrected chi connectivity index (χ1v) is 9.12. The number of aromatic nitrogens is 1. The molecule has 142 valence electrons. The first kappa shape index (κ1) is 17.8. The average Bonchev–Trinajstić information content (AvgIpc) is 3.23. The molecule has 0 saturated carbocycles. The van der Waals surface area contributed by atoms with E-state index < -0.39 is 0 Å². The van der Waals surface area contributed by atoms with Gasteiger partial charge in [-0.25, -0.2) is 0 Å². The van der Waals surface area contributed by atoms with Crippen LogP contribution in [-0.4, -0.2) is 47.9 Å². The van der Waals surface area contributed by atoms with E-state index in [4.69, 9.17) is 4.42 Å². The summed E-state index contributed by atoms with van der Waals surface area (Å²) in [5.74, 6) is -0.533. The second-order valence-electron chi connectivity index (χ2n) is 6.47. The Labute approximate surface area is 162 Å². The van der Waals surface area contributed by atoms with Crippen LogP contribution in [0.5, 0.6) is 0 Å². The summed E-state index contributed by atoms with van der Waals surface area (Å²) >= 11 is 0. The summed E-state index contributed by atoms with van der Waals surface area (Å²) in [5.41, 5.74) is 1.84. The Hall–Kier alpha value is -3.61. The van der Waals surface area contributed by atoms with Gasteiger partial charge in [-0.3, -0.25) is 14.9 Å². The highest BCUT2D eigenvalue weighted by molar-refractivity contribution is 6.03. The second kappa shape index (κ2) is 7.96. The topological polar surface area (TPSA) is 78.7 Å². The zero-order chi connectivity index (χ0) is 19.3. The first-order valence-electron chi connectivity index (χ1n) is 9.12. The molecule has 1 N–H and O–H groups in total. The number of hydrogen-bond acceptors (Lipinski definition) is 5. The van der Waals surface area contributed by atoms with Gasteiger partial charge in [-0.2, -0.15) is 4.98 Å². The van der Waals surface area contributed by atoms with Gasteiger partial charge >= 0.3 is 6.01 Å². The molecule has 0 spiro atoms. The quantitative estimate of drug-likeness (QED) is 0.757. The fourth-order valence-corrected chi connectivity index (χ4v) is 3.16. The van der Waals surface area contributed by atoms with Gasteiger partial charge in [0.2, 0.25) is 0 Å². The molecule has 1 aliphatic rings. The number of piperazine rings is 1. The largest absolute Gasteiger partial charge is 0.431 e. The molecule has 0 unspecified atom stereocenters. The fraction of sp³-hybridized carbons (Fsp3) is 0.190. The van der Waals surface area contributed by atoms with Crippen molar-refractivity contribution in [1.29, 1.82) is 0 Å². The molecule has 2 heterocycles. The number of anilines is 2. The number of nitrogens with zero attached hydrogens (tertiary/aromatic N) is 3. The van der Waals surface area contributed by atoms with Crippen LogP contribution < -0.4 is 10.2 Å². The molecule has 1 saturated heterocycles. The number of oxazole rings is 1. The maximum Gasteiger partial charge on any atom is 0.302 e. The van der Waals surface area contributed by atoms with Gasteiger partial charge in [0.25, 0.3) is 11.8 Å². The lowest BCUT2D eigenvalue weighted by Gasteiger charge is -2.35. The monoisotopic (exact) mass is 376 g/mol. The number of amides is 2. The summed E-state index contributed by atoms with van der Waals surface area (Å²) in [7, 11) is 0.